The van der Waals surface area contributed by atoms with Gasteiger partial charge in [0.15, 0.2) is 5.75 Å². The fourth-order valence-corrected chi connectivity index (χ4v) is 2.85. The van der Waals surface area contributed by atoms with Crippen molar-refractivity contribution in [2.45, 2.75) is 13.8 Å². The van der Waals surface area contributed by atoms with Gasteiger partial charge in [-0.25, -0.2) is 5.43 Å². The molecule has 0 spiro atoms. The third-order valence-electron chi connectivity index (χ3n) is 4.23. The molecule has 0 aliphatic carbocycles. The van der Waals surface area contributed by atoms with E-state index in [1.807, 2.05) is 36.4 Å². The first kappa shape index (κ1) is 19.0. The van der Waals surface area contributed by atoms with Crippen molar-refractivity contribution in [3.8, 4) is 5.75 Å². The molecule has 1 N–H and O–H groups in total. The monoisotopic (exact) mass is 377 g/mol. The Labute approximate surface area is 161 Å². The molecule has 0 radical (unpaired) electrons. The molecule has 0 unspecified atom stereocenters. The van der Waals surface area contributed by atoms with Crippen LogP contribution in [0.1, 0.15) is 29.8 Å². The van der Waals surface area contributed by atoms with E-state index in [0.717, 1.165) is 10.8 Å². The van der Waals surface area contributed by atoms with Crippen molar-refractivity contribution in [1.82, 2.24) is 5.43 Å². The van der Waals surface area contributed by atoms with Crippen molar-refractivity contribution in [3.63, 3.8) is 0 Å². The standard InChI is InChI=1S/C21H19N3O4/c1-3-28-20-12-11-16(13-19(20)24(26)27)14(2)22-23-21(25)18-10-6-8-15-7-4-5-9-17(15)18/h4-13H,3H2,1-2H3,(H,23,25)/b22-14-. The molecule has 0 heterocycles. The third-order valence-corrected chi connectivity index (χ3v) is 4.23. The average molecular weight is 377 g/mol. The maximum absolute atomic E-state index is 12.6. The van der Waals surface area contributed by atoms with E-state index in [1.165, 1.54) is 12.1 Å². The number of hydrogen-bond donors (Lipinski definition) is 1. The van der Waals surface area contributed by atoms with Gasteiger partial charge < -0.3 is 4.74 Å². The van der Waals surface area contributed by atoms with Gasteiger partial charge in [0.25, 0.3) is 5.91 Å². The van der Waals surface area contributed by atoms with Gasteiger partial charge in [0, 0.05) is 17.2 Å². The second-order valence-corrected chi connectivity index (χ2v) is 6.04. The highest BCUT2D eigenvalue weighted by atomic mass is 16.6. The molecule has 7 heteroatoms. The van der Waals surface area contributed by atoms with Gasteiger partial charge in [0.2, 0.25) is 0 Å². The van der Waals surface area contributed by atoms with Gasteiger partial charge in [-0.05, 0) is 42.8 Å². The number of hydrogen-bond acceptors (Lipinski definition) is 5. The number of fused-ring (bicyclic) bond motifs is 1. The first-order valence-electron chi connectivity index (χ1n) is 8.75. The lowest BCUT2D eigenvalue weighted by molar-refractivity contribution is -0.385. The highest BCUT2D eigenvalue weighted by Crippen LogP contribution is 2.28. The minimum atomic E-state index is -0.504. The Hall–Kier alpha value is -3.74. The van der Waals surface area contributed by atoms with E-state index in [-0.39, 0.29) is 17.3 Å². The van der Waals surface area contributed by atoms with Gasteiger partial charge >= 0.3 is 5.69 Å². The summed E-state index contributed by atoms with van der Waals surface area (Å²) in [5, 5.41) is 17.2. The van der Waals surface area contributed by atoms with Crippen LogP contribution in [0.3, 0.4) is 0 Å². The van der Waals surface area contributed by atoms with Gasteiger partial charge in [0.1, 0.15) is 0 Å². The molecule has 7 nitrogen and oxygen atoms in total. The van der Waals surface area contributed by atoms with Crippen LogP contribution in [0.2, 0.25) is 0 Å². The predicted molar refractivity (Wildman–Crippen MR) is 108 cm³/mol. The van der Waals surface area contributed by atoms with Crippen LogP contribution in [0, 0.1) is 10.1 Å². The molecular weight excluding hydrogens is 358 g/mol. The zero-order valence-corrected chi connectivity index (χ0v) is 15.5. The summed E-state index contributed by atoms with van der Waals surface area (Å²) >= 11 is 0. The van der Waals surface area contributed by atoms with E-state index in [9.17, 15) is 14.9 Å². The largest absolute Gasteiger partial charge is 0.487 e. The second kappa shape index (κ2) is 8.30. The maximum atomic E-state index is 12.6. The van der Waals surface area contributed by atoms with Gasteiger partial charge in [-0.1, -0.05) is 36.4 Å². The Kier molecular flexibility index (Phi) is 5.64. The predicted octanol–water partition coefficient (Wildman–Crippen LogP) is 4.30. The molecule has 3 aromatic carbocycles. The molecule has 0 bridgehead atoms. The number of nitro groups is 1. The molecule has 3 rings (SSSR count). The summed E-state index contributed by atoms with van der Waals surface area (Å²) in [7, 11) is 0. The topological polar surface area (TPSA) is 93.8 Å². The van der Waals surface area contributed by atoms with E-state index in [0.29, 0.717) is 23.4 Å². The summed E-state index contributed by atoms with van der Waals surface area (Å²) in [6.45, 7) is 3.75. The smallest absolute Gasteiger partial charge is 0.311 e. The molecule has 3 aromatic rings. The minimum absolute atomic E-state index is 0.144. The molecule has 0 saturated carbocycles. The number of ether oxygens (including phenoxy) is 1. The van der Waals surface area contributed by atoms with E-state index in [1.54, 1.807) is 26.0 Å². The van der Waals surface area contributed by atoms with Gasteiger partial charge in [-0.3, -0.25) is 14.9 Å². The van der Waals surface area contributed by atoms with Gasteiger partial charge in [-0.2, -0.15) is 5.10 Å². The highest BCUT2D eigenvalue weighted by molar-refractivity contribution is 6.08. The second-order valence-electron chi connectivity index (χ2n) is 6.04. The van der Waals surface area contributed by atoms with Crippen LogP contribution in [-0.2, 0) is 0 Å². The molecule has 142 valence electrons. The SMILES string of the molecule is CCOc1ccc(/C(C)=N\NC(=O)c2cccc3ccccc23)cc1[N+](=O)[O-]. The number of amides is 1. The lowest BCUT2D eigenvalue weighted by Crippen LogP contribution is -2.19. The molecule has 0 atom stereocenters. The summed E-state index contributed by atoms with van der Waals surface area (Å²) in [5.41, 5.74) is 3.85. The Bertz CT molecular complexity index is 1070. The lowest BCUT2D eigenvalue weighted by Gasteiger charge is -2.08. The maximum Gasteiger partial charge on any atom is 0.311 e. The van der Waals surface area contributed by atoms with Crippen molar-refractivity contribution < 1.29 is 14.5 Å². The molecule has 0 aliphatic rings. The fourth-order valence-electron chi connectivity index (χ4n) is 2.85. The quantitative estimate of drug-likeness (QED) is 0.394. The van der Waals surface area contributed by atoms with E-state index >= 15 is 0 Å². The molecule has 0 aliphatic heterocycles. The highest BCUT2D eigenvalue weighted by Gasteiger charge is 2.17. The van der Waals surface area contributed by atoms with Crippen molar-refractivity contribution in [3.05, 3.63) is 81.9 Å². The molecule has 28 heavy (non-hydrogen) atoms. The Morgan fingerprint density at radius 2 is 1.89 bits per heavy atom. The Balaban J connectivity index is 1.85. The summed E-state index contributed by atoms with van der Waals surface area (Å²) in [6, 6.07) is 17.6. The van der Waals surface area contributed by atoms with Crippen molar-refractivity contribution >= 4 is 28.1 Å². The first-order chi connectivity index (χ1) is 13.5. The number of nitrogens with one attached hydrogen (secondary N) is 1. The number of hydrazone groups is 1. The summed E-state index contributed by atoms with van der Waals surface area (Å²) in [5.74, 6) is -0.152. The number of rotatable bonds is 6. The number of carbonyl (C=O) groups is 1. The molecular formula is C21H19N3O4. The van der Waals surface area contributed by atoms with Gasteiger partial charge in [-0.15, -0.1) is 0 Å². The normalized spacial score (nSPS) is 11.3. The van der Waals surface area contributed by atoms with Crippen LogP contribution in [0.15, 0.2) is 65.8 Å². The van der Waals surface area contributed by atoms with E-state index in [4.69, 9.17) is 4.74 Å². The molecule has 0 saturated heterocycles. The summed E-state index contributed by atoms with van der Waals surface area (Å²) in [4.78, 5) is 23.3. The zero-order valence-electron chi connectivity index (χ0n) is 15.5. The number of nitro benzene ring substituents is 1. The van der Waals surface area contributed by atoms with Crippen LogP contribution >= 0.6 is 0 Å². The van der Waals surface area contributed by atoms with E-state index in [2.05, 4.69) is 10.5 Å². The first-order valence-corrected chi connectivity index (χ1v) is 8.75. The van der Waals surface area contributed by atoms with Crippen LogP contribution < -0.4 is 10.2 Å². The zero-order chi connectivity index (χ0) is 20.1. The van der Waals surface area contributed by atoms with Crippen LogP contribution in [-0.4, -0.2) is 23.1 Å². The average Bonchev–Trinajstić information content (AvgIpc) is 2.71. The fraction of sp³-hybridized carbons (Fsp3) is 0.143. The minimum Gasteiger partial charge on any atom is -0.487 e. The lowest BCUT2D eigenvalue weighted by atomic mass is 10.0. The van der Waals surface area contributed by atoms with Crippen LogP contribution in [0.25, 0.3) is 10.8 Å². The van der Waals surface area contributed by atoms with Crippen molar-refractivity contribution in [2.24, 2.45) is 5.10 Å². The Morgan fingerprint density at radius 3 is 2.64 bits per heavy atom. The number of benzene rings is 3. The van der Waals surface area contributed by atoms with E-state index < -0.39 is 4.92 Å². The molecule has 1 amide bonds. The Morgan fingerprint density at radius 1 is 1.14 bits per heavy atom. The number of carbonyl (C=O) groups excluding carboxylic acids is 1. The van der Waals surface area contributed by atoms with Gasteiger partial charge in [0.05, 0.1) is 17.2 Å². The van der Waals surface area contributed by atoms with Crippen LogP contribution in [0.5, 0.6) is 5.75 Å². The van der Waals surface area contributed by atoms with Crippen molar-refractivity contribution in [2.75, 3.05) is 6.61 Å². The van der Waals surface area contributed by atoms with Crippen molar-refractivity contribution in [1.29, 1.82) is 0 Å². The van der Waals surface area contributed by atoms with Crippen LogP contribution in [0.4, 0.5) is 5.69 Å². The molecule has 0 fully saturated rings. The number of nitrogens with zero attached hydrogens (tertiary/aromatic N) is 2. The third kappa shape index (κ3) is 3.98. The summed E-state index contributed by atoms with van der Waals surface area (Å²) in [6.07, 6.45) is 0. The molecule has 0 aromatic heterocycles. The summed E-state index contributed by atoms with van der Waals surface area (Å²) < 4.78 is 5.28.